The van der Waals surface area contributed by atoms with E-state index in [1.54, 1.807) is 13.0 Å². The molecule has 100 valence electrons. The lowest BCUT2D eigenvalue weighted by molar-refractivity contribution is 0.0902. The molecule has 0 aliphatic carbocycles. The van der Waals surface area contributed by atoms with E-state index in [2.05, 4.69) is 5.32 Å². The molecule has 0 fully saturated rings. The topological polar surface area (TPSA) is 29.1 Å². The Bertz CT molecular complexity index is 401. The van der Waals surface area contributed by atoms with Gasteiger partial charge in [0, 0.05) is 11.4 Å². The molecule has 2 nitrogen and oxygen atoms in total. The fraction of sp³-hybridized carbons (Fsp3) is 0.500. The molecule has 0 aliphatic heterocycles. The Morgan fingerprint density at radius 3 is 2.39 bits per heavy atom. The van der Waals surface area contributed by atoms with E-state index < -0.39 is 11.4 Å². The lowest BCUT2D eigenvalue weighted by Gasteiger charge is -2.30. The van der Waals surface area contributed by atoms with Gasteiger partial charge in [0.25, 0.3) is 5.91 Å². The van der Waals surface area contributed by atoms with Crippen LogP contribution in [0.25, 0.3) is 0 Å². The average Bonchev–Trinajstić information content (AvgIpc) is 2.35. The molecule has 0 unspecified atom stereocenters. The Morgan fingerprint density at radius 1 is 1.33 bits per heavy atom. The zero-order valence-electron chi connectivity index (χ0n) is 11.0. The molecule has 1 rings (SSSR count). The van der Waals surface area contributed by atoms with E-state index in [1.165, 1.54) is 12.1 Å². The second-order valence-corrected chi connectivity index (χ2v) is 4.86. The van der Waals surface area contributed by atoms with Crippen molar-refractivity contribution in [3.8, 4) is 0 Å². The molecule has 0 bridgehead atoms. The van der Waals surface area contributed by atoms with E-state index in [0.717, 1.165) is 18.4 Å². The van der Waals surface area contributed by atoms with E-state index in [-0.39, 0.29) is 5.91 Å². The maximum atomic E-state index is 13.3. The number of nitrogens with one attached hydrogen (secondary N) is 1. The van der Waals surface area contributed by atoms with E-state index >= 15 is 0 Å². The quantitative estimate of drug-likeness (QED) is 0.814. The van der Waals surface area contributed by atoms with Gasteiger partial charge in [-0.15, -0.1) is 11.6 Å². The minimum atomic E-state index is -0.418. The van der Waals surface area contributed by atoms with Gasteiger partial charge in [-0.25, -0.2) is 4.39 Å². The number of aryl methyl sites for hydroxylation is 1. The number of amides is 1. The first kappa shape index (κ1) is 15.0. The highest BCUT2D eigenvalue weighted by Gasteiger charge is 2.27. The summed E-state index contributed by atoms with van der Waals surface area (Å²) in [5.74, 6) is -0.327. The Hall–Kier alpha value is -1.09. The summed E-state index contributed by atoms with van der Waals surface area (Å²) in [6.45, 7) is 5.71. The van der Waals surface area contributed by atoms with Gasteiger partial charge in [-0.1, -0.05) is 13.8 Å². The molecule has 0 spiro atoms. The van der Waals surface area contributed by atoms with Crippen LogP contribution in [0, 0.1) is 12.7 Å². The third-order valence-electron chi connectivity index (χ3n) is 3.29. The van der Waals surface area contributed by atoms with Gasteiger partial charge in [-0.3, -0.25) is 4.79 Å². The third kappa shape index (κ3) is 3.45. The van der Waals surface area contributed by atoms with Gasteiger partial charge in [-0.05, 0) is 43.5 Å². The molecule has 0 saturated heterocycles. The SMILES string of the molecule is CCC(CC)(CCl)NC(=O)c1cc(C)cc(F)c1. The number of rotatable bonds is 5. The first-order valence-electron chi connectivity index (χ1n) is 6.12. The molecule has 1 aromatic rings. The molecule has 0 atom stereocenters. The maximum absolute atomic E-state index is 13.3. The molecular weight excluding hydrogens is 253 g/mol. The molecule has 1 N–H and O–H groups in total. The van der Waals surface area contributed by atoms with Crippen LogP contribution in [0.4, 0.5) is 4.39 Å². The van der Waals surface area contributed by atoms with Crippen LogP contribution in [0.5, 0.6) is 0 Å². The second-order valence-electron chi connectivity index (χ2n) is 4.59. The molecule has 0 aliphatic rings. The van der Waals surface area contributed by atoms with Gasteiger partial charge < -0.3 is 5.32 Å². The van der Waals surface area contributed by atoms with Gasteiger partial charge in [0.1, 0.15) is 5.82 Å². The van der Waals surface area contributed by atoms with E-state index in [9.17, 15) is 9.18 Å². The number of benzene rings is 1. The van der Waals surface area contributed by atoms with Gasteiger partial charge in [0.15, 0.2) is 0 Å². The highest BCUT2D eigenvalue weighted by atomic mass is 35.5. The highest BCUT2D eigenvalue weighted by Crippen LogP contribution is 2.18. The number of alkyl halides is 1. The number of hydrogen-bond donors (Lipinski definition) is 1. The zero-order chi connectivity index (χ0) is 13.8. The van der Waals surface area contributed by atoms with E-state index in [1.807, 2.05) is 13.8 Å². The van der Waals surface area contributed by atoms with E-state index in [4.69, 9.17) is 11.6 Å². The summed E-state index contributed by atoms with van der Waals surface area (Å²) in [4.78, 5) is 12.1. The fourth-order valence-electron chi connectivity index (χ4n) is 1.83. The summed E-state index contributed by atoms with van der Waals surface area (Å²) in [5.41, 5.74) is 0.646. The molecule has 0 radical (unpaired) electrons. The van der Waals surface area contributed by atoms with Crippen LogP contribution in [0.3, 0.4) is 0 Å². The highest BCUT2D eigenvalue weighted by molar-refractivity contribution is 6.19. The number of halogens is 2. The van der Waals surface area contributed by atoms with Crippen LogP contribution in [0.1, 0.15) is 42.6 Å². The molecular formula is C14H19ClFNO. The summed E-state index contributed by atoms with van der Waals surface area (Å²) < 4.78 is 13.3. The largest absolute Gasteiger partial charge is 0.345 e. The average molecular weight is 272 g/mol. The van der Waals surface area contributed by atoms with Crippen molar-refractivity contribution in [2.75, 3.05) is 5.88 Å². The summed E-state index contributed by atoms with van der Waals surface area (Å²) in [5, 5.41) is 2.91. The molecule has 1 amide bonds. The molecule has 4 heteroatoms. The van der Waals surface area contributed by atoms with Crippen molar-refractivity contribution in [2.45, 2.75) is 39.2 Å². The summed E-state index contributed by atoms with van der Waals surface area (Å²) >= 11 is 5.93. The van der Waals surface area contributed by atoms with Crippen molar-refractivity contribution < 1.29 is 9.18 Å². The van der Waals surface area contributed by atoms with Gasteiger partial charge >= 0.3 is 0 Å². The second kappa shape index (κ2) is 6.19. The number of carbonyl (C=O) groups is 1. The minimum Gasteiger partial charge on any atom is -0.345 e. The first-order valence-corrected chi connectivity index (χ1v) is 6.65. The number of hydrogen-bond acceptors (Lipinski definition) is 1. The van der Waals surface area contributed by atoms with Crippen molar-refractivity contribution in [3.05, 3.63) is 35.1 Å². The normalized spacial score (nSPS) is 11.4. The lowest BCUT2D eigenvalue weighted by atomic mass is 9.94. The molecule has 0 saturated carbocycles. The molecule has 0 heterocycles. The van der Waals surface area contributed by atoms with Crippen molar-refractivity contribution in [2.24, 2.45) is 0 Å². The van der Waals surface area contributed by atoms with Crippen LogP contribution in [0.2, 0.25) is 0 Å². The fourth-order valence-corrected chi connectivity index (χ4v) is 2.27. The summed E-state index contributed by atoms with van der Waals surface area (Å²) in [6, 6.07) is 4.31. The maximum Gasteiger partial charge on any atom is 0.251 e. The Balaban J connectivity index is 2.94. The zero-order valence-corrected chi connectivity index (χ0v) is 11.8. The van der Waals surface area contributed by atoms with Gasteiger partial charge in [-0.2, -0.15) is 0 Å². The van der Waals surface area contributed by atoms with Gasteiger partial charge in [0.05, 0.1) is 5.54 Å². The smallest absolute Gasteiger partial charge is 0.251 e. The Morgan fingerprint density at radius 2 is 1.94 bits per heavy atom. The standard InChI is InChI=1S/C14H19ClFNO/c1-4-14(5-2,9-15)17-13(18)11-6-10(3)7-12(16)8-11/h6-8H,4-5,9H2,1-3H3,(H,17,18). The Kier molecular flexibility index (Phi) is 5.15. The van der Waals surface area contributed by atoms with Crippen LogP contribution in [0.15, 0.2) is 18.2 Å². The van der Waals surface area contributed by atoms with Crippen LogP contribution >= 0.6 is 11.6 Å². The predicted octanol–water partition coefficient (Wildman–Crippen LogP) is 3.66. The van der Waals surface area contributed by atoms with Crippen molar-refractivity contribution in [1.82, 2.24) is 5.32 Å². The molecule has 1 aromatic carbocycles. The van der Waals surface area contributed by atoms with Crippen LogP contribution in [-0.2, 0) is 0 Å². The van der Waals surface area contributed by atoms with Crippen molar-refractivity contribution >= 4 is 17.5 Å². The number of carbonyl (C=O) groups excluding carboxylic acids is 1. The van der Waals surface area contributed by atoms with Crippen molar-refractivity contribution in [3.63, 3.8) is 0 Å². The molecule has 0 aromatic heterocycles. The first-order chi connectivity index (χ1) is 8.46. The molecule has 18 heavy (non-hydrogen) atoms. The van der Waals surface area contributed by atoms with Gasteiger partial charge in [0.2, 0.25) is 0 Å². The monoisotopic (exact) mass is 271 g/mol. The van der Waals surface area contributed by atoms with Crippen LogP contribution < -0.4 is 5.32 Å². The lowest BCUT2D eigenvalue weighted by Crippen LogP contribution is -2.49. The summed E-state index contributed by atoms with van der Waals surface area (Å²) in [7, 11) is 0. The predicted molar refractivity (Wildman–Crippen MR) is 72.6 cm³/mol. The minimum absolute atomic E-state index is 0.276. The third-order valence-corrected chi connectivity index (χ3v) is 3.80. The van der Waals surface area contributed by atoms with Crippen molar-refractivity contribution in [1.29, 1.82) is 0 Å². The van der Waals surface area contributed by atoms with Crippen LogP contribution in [-0.4, -0.2) is 17.3 Å². The van der Waals surface area contributed by atoms with E-state index in [0.29, 0.717) is 11.4 Å². The summed E-state index contributed by atoms with van der Waals surface area (Å²) in [6.07, 6.45) is 1.49. The Labute approximate surface area is 113 Å².